The number of carboxylic acid groups (broad SMARTS) is 1. The van der Waals surface area contributed by atoms with Crippen molar-refractivity contribution in [1.29, 1.82) is 0 Å². The highest BCUT2D eigenvalue weighted by Crippen LogP contribution is 2.22. The number of aromatic carboxylic acids is 1. The van der Waals surface area contributed by atoms with Crippen LogP contribution < -0.4 is 14.8 Å². The zero-order valence-electron chi connectivity index (χ0n) is 12.9. The van der Waals surface area contributed by atoms with Crippen molar-refractivity contribution in [1.82, 2.24) is 4.72 Å². The van der Waals surface area contributed by atoms with E-state index in [-0.39, 0.29) is 16.1 Å². The fourth-order valence-corrected chi connectivity index (χ4v) is 2.79. The van der Waals surface area contributed by atoms with Gasteiger partial charge in [0.05, 0.1) is 12.0 Å². The van der Waals surface area contributed by atoms with E-state index < -0.39 is 27.8 Å². The van der Waals surface area contributed by atoms with Gasteiger partial charge in [-0.25, -0.2) is 22.7 Å². The molecular weight excluding hydrogens is 352 g/mol. The molecule has 0 radical (unpaired) electrons. The average molecular weight is 366 g/mol. The Morgan fingerprint density at radius 1 is 1.08 bits per heavy atom. The lowest BCUT2D eigenvalue weighted by Crippen LogP contribution is -2.34. The van der Waals surface area contributed by atoms with E-state index in [4.69, 9.17) is 9.84 Å². The molecule has 0 spiro atoms. The third kappa shape index (κ3) is 4.38. The number of aromatic hydroxyl groups is 1. The standard InChI is InChI=1S/C15H14N2O7S/c1-24-10-3-5-11(6-4-10)25(22,23)17-15(21)16-9-2-7-12(14(19)20)13(18)8-9/h2-8,18H,1H3,(H,19,20)(H2,16,17,21). The lowest BCUT2D eigenvalue weighted by molar-refractivity contribution is 0.0693. The van der Waals surface area contributed by atoms with Gasteiger partial charge in [0.2, 0.25) is 0 Å². The van der Waals surface area contributed by atoms with Crippen LogP contribution in [0.25, 0.3) is 0 Å². The molecule has 0 saturated heterocycles. The van der Waals surface area contributed by atoms with Crippen molar-refractivity contribution in [2.24, 2.45) is 0 Å². The molecule has 0 fully saturated rings. The van der Waals surface area contributed by atoms with Gasteiger partial charge in [-0.2, -0.15) is 0 Å². The number of carbonyl (C=O) groups excluding carboxylic acids is 1. The Hall–Kier alpha value is -3.27. The molecule has 2 aromatic rings. The number of ether oxygens (including phenoxy) is 1. The van der Waals surface area contributed by atoms with E-state index >= 15 is 0 Å². The molecule has 0 aromatic heterocycles. The number of benzene rings is 2. The minimum Gasteiger partial charge on any atom is -0.507 e. The number of carbonyl (C=O) groups is 2. The predicted octanol–water partition coefficient (Wildman–Crippen LogP) is 1.61. The highest BCUT2D eigenvalue weighted by Gasteiger charge is 2.18. The summed E-state index contributed by atoms with van der Waals surface area (Å²) in [5.41, 5.74) is -0.332. The van der Waals surface area contributed by atoms with Gasteiger partial charge in [-0.05, 0) is 36.4 Å². The van der Waals surface area contributed by atoms with Gasteiger partial charge in [0.25, 0.3) is 10.0 Å². The van der Waals surface area contributed by atoms with Crippen LogP contribution in [-0.2, 0) is 10.0 Å². The van der Waals surface area contributed by atoms with Gasteiger partial charge >= 0.3 is 12.0 Å². The van der Waals surface area contributed by atoms with Gasteiger partial charge in [-0.3, -0.25) is 0 Å². The van der Waals surface area contributed by atoms with Crippen molar-refractivity contribution in [3.05, 3.63) is 48.0 Å². The SMILES string of the molecule is COc1ccc(S(=O)(=O)NC(=O)Nc2ccc(C(=O)O)c(O)c2)cc1. The first-order valence-electron chi connectivity index (χ1n) is 6.77. The van der Waals surface area contributed by atoms with Crippen molar-refractivity contribution < 1.29 is 33.0 Å². The van der Waals surface area contributed by atoms with Crippen LogP contribution in [0.3, 0.4) is 0 Å². The molecule has 4 N–H and O–H groups in total. The molecule has 0 atom stereocenters. The number of nitrogens with one attached hydrogen (secondary N) is 2. The van der Waals surface area contributed by atoms with Crippen LogP contribution in [0, 0.1) is 0 Å². The smallest absolute Gasteiger partial charge is 0.339 e. The Morgan fingerprint density at radius 2 is 1.72 bits per heavy atom. The molecule has 0 aliphatic carbocycles. The quantitative estimate of drug-likeness (QED) is 0.629. The van der Waals surface area contributed by atoms with Gasteiger partial charge in [-0.1, -0.05) is 0 Å². The van der Waals surface area contributed by atoms with E-state index in [0.717, 1.165) is 12.1 Å². The van der Waals surface area contributed by atoms with Crippen LogP contribution in [0.4, 0.5) is 10.5 Å². The topological polar surface area (TPSA) is 142 Å². The molecule has 132 valence electrons. The zero-order valence-corrected chi connectivity index (χ0v) is 13.7. The molecule has 2 amide bonds. The number of anilines is 1. The second-order valence-electron chi connectivity index (χ2n) is 4.77. The van der Waals surface area contributed by atoms with Gasteiger partial charge in [0, 0.05) is 11.8 Å². The minimum atomic E-state index is -4.11. The van der Waals surface area contributed by atoms with Crippen LogP contribution >= 0.6 is 0 Å². The van der Waals surface area contributed by atoms with Gasteiger partial charge < -0.3 is 20.3 Å². The van der Waals surface area contributed by atoms with E-state index in [9.17, 15) is 23.1 Å². The molecule has 0 unspecified atom stereocenters. The molecule has 2 rings (SSSR count). The summed E-state index contributed by atoms with van der Waals surface area (Å²) in [7, 11) is -2.68. The van der Waals surface area contributed by atoms with Gasteiger partial charge in [0.1, 0.15) is 17.1 Å². The summed E-state index contributed by atoms with van der Waals surface area (Å²) in [5.74, 6) is -1.45. The Balaban J connectivity index is 2.10. The molecule has 0 bridgehead atoms. The molecule has 0 heterocycles. The van der Waals surface area contributed by atoms with E-state index in [2.05, 4.69) is 5.32 Å². The number of sulfonamides is 1. The third-order valence-electron chi connectivity index (χ3n) is 3.08. The van der Waals surface area contributed by atoms with Gasteiger partial charge in [0.15, 0.2) is 0 Å². The highest BCUT2D eigenvalue weighted by molar-refractivity contribution is 7.90. The molecule has 9 nitrogen and oxygen atoms in total. The highest BCUT2D eigenvalue weighted by atomic mass is 32.2. The third-order valence-corrected chi connectivity index (χ3v) is 4.43. The number of methoxy groups -OCH3 is 1. The fourth-order valence-electron chi connectivity index (χ4n) is 1.88. The predicted molar refractivity (Wildman–Crippen MR) is 87.4 cm³/mol. The average Bonchev–Trinajstić information content (AvgIpc) is 2.54. The van der Waals surface area contributed by atoms with Crippen LogP contribution in [0.1, 0.15) is 10.4 Å². The van der Waals surface area contributed by atoms with Crippen LogP contribution in [-0.4, -0.2) is 37.7 Å². The lowest BCUT2D eigenvalue weighted by Gasteiger charge is -2.10. The molecule has 2 aromatic carbocycles. The van der Waals surface area contributed by atoms with E-state index in [0.29, 0.717) is 5.75 Å². The first-order valence-corrected chi connectivity index (χ1v) is 8.25. The Morgan fingerprint density at radius 3 is 2.24 bits per heavy atom. The van der Waals surface area contributed by atoms with Crippen LogP contribution in [0.2, 0.25) is 0 Å². The van der Waals surface area contributed by atoms with Gasteiger partial charge in [-0.15, -0.1) is 0 Å². The number of phenols is 1. The number of carboxylic acids is 1. The number of amides is 2. The first-order chi connectivity index (χ1) is 11.7. The second-order valence-corrected chi connectivity index (χ2v) is 6.45. The molecule has 0 aliphatic heterocycles. The normalized spacial score (nSPS) is 10.8. The summed E-state index contributed by atoms with van der Waals surface area (Å²) >= 11 is 0. The minimum absolute atomic E-state index is 0.0185. The van der Waals surface area contributed by atoms with Crippen molar-refractivity contribution in [3.8, 4) is 11.5 Å². The van der Waals surface area contributed by atoms with E-state index in [1.165, 1.54) is 37.4 Å². The monoisotopic (exact) mass is 366 g/mol. The number of rotatable bonds is 5. The second kappa shape index (κ2) is 7.09. The fraction of sp³-hybridized carbons (Fsp3) is 0.0667. The molecule has 25 heavy (non-hydrogen) atoms. The largest absolute Gasteiger partial charge is 0.507 e. The lowest BCUT2D eigenvalue weighted by atomic mass is 10.2. The summed E-state index contributed by atoms with van der Waals surface area (Å²) in [5, 5.41) is 20.5. The van der Waals surface area contributed by atoms with Crippen LogP contribution in [0.15, 0.2) is 47.4 Å². The Bertz CT molecular complexity index is 908. The molecule has 0 aliphatic rings. The van der Waals surface area contributed by atoms with Crippen molar-refractivity contribution in [2.75, 3.05) is 12.4 Å². The summed E-state index contributed by atoms with van der Waals surface area (Å²) in [4.78, 5) is 22.5. The van der Waals surface area contributed by atoms with E-state index in [1.807, 2.05) is 0 Å². The van der Waals surface area contributed by atoms with Crippen molar-refractivity contribution in [2.45, 2.75) is 4.90 Å². The molecular formula is C15H14N2O7S. The summed E-state index contributed by atoms with van der Waals surface area (Å²) in [6, 6.07) is 7.59. The first kappa shape index (κ1) is 18.1. The Kier molecular flexibility index (Phi) is 5.13. The number of hydrogen-bond acceptors (Lipinski definition) is 6. The van der Waals surface area contributed by atoms with Crippen molar-refractivity contribution in [3.63, 3.8) is 0 Å². The summed E-state index contributed by atoms with van der Waals surface area (Å²) in [6.07, 6.45) is 0. The maximum absolute atomic E-state index is 12.1. The maximum atomic E-state index is 12.1. The number of urea groups is 1. The maximum Gasteiger partial charge on any atom is 0.339 e. The zero-order chi connectivity index (χ0) is 18.6. The van der Waals surface area contributed by atoms with E-state index in [1.54, 1.807) is 4.72 Å². The Labute approximate surface area is 142 Å². The van der Waals surface area contributed by atoms with Crippen LogP contribution in [0.5, 0.6) is 11.5 Å². The number of hydrogen-bond donors (Lipinski definition) is 4. The summed E-state index contributed by atoms with van der Waals surface area (Å²) < 4.78 is 30.9. The summed E-state index contributed by atoms with van der Waals surface area (Å²) in [6.45, 7) is 0. The molecule has 0 saturated carbocycles. The molecule has 10 heteroatoms. The van der Waals surface area contributed by atoms with Crippen molar-refractivity contribution >= 4 is 27.7 Å².